The van der Waals surface area contributed by atoms with Crippen LogP contribution in [0.2, 0.25) is 0 Å². The van der Waals surface area contributed by atoms with E-state index in [1.165, 1.54) is 0 Å². The summed E-state index contributed by atoms with van der Waals surface area (Å²) in [7, 11) is 0. The van der Waals surface area contributed by atoms with Crippen LogP contribution in [0.1, 0.15) is 0 Å². The molecule has 0 aromatic heterocycles. The quantitative estimate of drug-likeness (QED) is 0.183. The summed E-state index contributed by atoms with van der Waals surface area (Å²) in [4.78, 5) is 9.43. The van der Waals surface area contributed by atoms with Gasteiger partial charge in [0.25, 0.3) is 6.16 Å². The molecule has 0 saturated carbocycles. The van der Waals surface area contributed by atoms with E-state index in [0.717, 1.165) is 6.08 Å². The molecule has 0 saturated heterocycles. The normalized spacial score (nSPS) is 10.8. The molecule has 4 nitrogen and oxygen atoms in total. The first-order valence-electron chi connectivity index (χ1n) is 1.85. The van der Waals surface area contributed by atoms with Gasteiger partial charge in [-0.05, 0) is 6.08 Å². The van der Waals surface area contributed by atoms with Gasteiger partial charge in [-0.15, -0.1) is 0 Å². The minimum absolute atomic E-state index is 0. The van der Waals surface area contributed by atoms with Crippen molar-refractivity contribution in [1.29, 1.82) is 0 Å². The van der Waals surface area contributed by atoms with Crippen molar-refractivity contribution in [2.24, 2.45) is 0 Å². The molecule has 0 heterocycles. The molecule has 0 radical (unpaired) electrons. The van der Waals surface area contributed by atoms with Gasteiger partial charge in [0.15, 0.2) is 6.29 Å². The molecule has 0 aliphatic rings. The number of aliphatic hydroxyl groups is 1. The average molecular weight is 140 g/mol. The fourth-order valence-corrected chi connectivity index (χ4v) is 0.147. The van der Waals surface area contributed by atoms with E-state index >= 15 is 0 Å². The molecule has 0 aromatic rings. The van der Waals surface area contributed by atoms with Gasteiger partial charge in [-0.25, -0.2) is 0 Å². The third-order valence-corrected chi connectivity index (χ3v) is 0.419. The van der Waals surface area contributed by atoms with E-state index < -0.39 is 12.4 Å². The molecule has 0 rings (SSSR count). The van der Waals surface area contributed by atoms with Gasteiger partial charge < -0.3 is 19.7 Å². The molecular formula is C4H5NaO4. The van der Waals surface area contributed by atoms with Gasteiger partial charge in [-0.2, -0.15) is 0 Å². The average Bonchev–Trinajstić information content (AvgIpc) is 1.65. The van der Waals surface area contributed by atoms with E-state index in [-0.39, 0.29) is 29.6 Å². The predicted octanol–water partition coefficient (Wildman–Crippen LogP) is -4.15. The Hall–Kier alpha value is -0.0300. The number of hydrogen-bond donors (Lipinski definition) is 1. The minimum Gasteiger partial charge on any atom is -0.518 e. The van der Waals surface area contributed by atoms with E-state index in [4.69, 9.17) is 5.11 Å². The van der Waals surface area contributed by atoms with Gasteiger partial charge >= 0.3 is 29.6 Å². The molecule has 5 heteroatoms. The SMILES string of the molecule is C=CC(O)OC(=O)[O-].[Na+]. The van der Waals surface area contributed by atoms with Crippen LogP contribution >= 0.6 is 0 Å². The summed E-state index contributed by atoms with van der Waals surface area (Å²) in [5, 5.41) is 17.7. The second-order valence-electron chi connectivity index (χ2n) is 0.994. The number of ether oxygens (including phenoxy) is 1. The van der Waals surface area contributed by atoms with Gasteiger partial charge in [-0.1, -0.05) is 6.58 Å². The molecule has 1 N–H and O–H groups in total. The third kappa shape index (κ3) is 7.97. The summed E-state index contributed by atoms with van der Waals surface area (Å²) in [6, 6.07) is 0. The Morgan fingerprint density at radius 3 is 2.44 bits per heavy atom. The van der Waals surface area contributed by atoms with Gasteiger partial charge in [-0.3, -0.25) is 0 Å². The molecule has 0 bridgehead atoms. The summed E-state index contributed by atoms with van der Waals surface area (Å²) in [5.74, 6) is 0. The molecule has 1 atom stereocenters. The van der Waals surface area contributed by atoms with Crippen LogP contribution in [0.4, 0.5) is 4.79 Å². The van der Waals surface area contributed by atoms with E-state index in [0.29, 0.717) is 0 Å². The van der Waals surface area contributed by atoms with Crippen LogP contribution in [0.3, 0.4) is 0 Å². The monoisotopic (exact) mass is 140 g/mol. The molecule has 0 aliphatic carbocycles. The Labute approximate surface area is 74.4 Å². The maximum Gasteiger partial charge on any atom is 1.00 e. The van der Waals surface area contributed by atoms with Crippen LogP contribution in [0.15, 0.2) is 12.7 Å². The van der Waals surface area contributed by atoms with Crippen molar-refractivity contribution in [3.63, 3.8) is 0 Å². The fraction of sp³-hybridized carbons (Fsp3) is 0.250. The Morgan fingerprint density at radius 2 is 2.33 bits per heavy atom. The van der Waals surface area contributed by atoms with E-state index in [9.17, 15) is 9.90 Å². The van der Waals surface area contributed by atoms with Crippen LogP contribution in [0.5, 0.6) is 0 Å². The number of carbonyl (C=O) groups is 1. The molecule has 0 spiro atoms. The Bertz CT molecular complexity index is 103. The summed E-state index contributed by atoms with van der Waals surface area (Å²) >= 11 is 0. The Kier molecular flexibility index (Phi) is 7.94. The molecule has 0 fully saturated rings. The van der Waals surface area contributed by atoms with Crippen LogP contribution in [0, 0.1) is 0 Å². The van der Waals surface area contributed by atoms with Crippen LogP contribution in [-0.2, 0) is 4.74 Å². The predicted molar refractivity (Wildman–Crippen MR) is 22.7 cm³/mol. The summed E-state index contributed by atoms with van der Waals surface area (Å²) in [5.41, 5.74) is 0. The molecule has 46 valence electrons. The van der Waals surface area contributed by atoms with Gasteiger partial charge in [0, 0.05) is 0 Å². The van der Waals surface area contributed by atoms with Crippen molar-refractivity contribution < 1.29 is 49.3 Å². The third-order valence-electron chi connectivity index (χ3n) is 0.419. The van der Waals surface area contributed by atoms with Crippen molar-refractivity contribution in [1.82, 2.24) is 0 Å². The second kappa shape index (κ2) is 6.10. The van der Waals surface area contributed by atoms with Crippen molar-refractivity contribution in [3.8, 4) is 0 Å². The van der Waals surface area contributed by atoms with Crippen LogP contribution in [-0.4, -0.2) is 17.6 Å². The zero-order valence-electron chi connectivity index (χ0n) is 5.03. The Morgan fingerprint density at radius 1 is 1.89 bits per heavy atom. The number of hydrogen-bond acceptors (Lipinski definition) is 4. The molecule has 0 aromatic carbocycles. The van der Waals surface area contributed by atoms with Crippen molar-refractivity contribution in [2.75, 3.05) is 0 Å². The Balaban J connectivity index is 0. The first-order chi connectivity index (χ1) is 3.66. The smallest absolute Gasteiger partial charge is 0.518 e. The van der Waals surface area contributed by atoms with E-state index in [2.05, 4.69) is 11.3 Å². The van der Waals surface area contributed by atoms with Gasteiger partial charge in [0.2, 0.25) is 0 Å². The second-order valence-corrected chi connectivity index (χ2v) is 0.994. The van der Waals surface area contributed by atoms with E-state index in [1.54, 1.807) is 0 Å². The van der Waals surface area contributed by atoms with Gasteiger partial charge in [0.1, 0.15) is 0 Å². The first kappa shape index (κ1) is 11.7. The van der Waals surface area contributed by atoms with Crippen LogP contribution in [0.25, 0.3) is 0 Å². The molecule has 1 unspecified atom stereocenters. The fourth-order valence-electron chi connectivity index (χ4n) is 0.147. The maximum absolute atomic E-state index is 9.43. The van der Waals surface area contributed by atoms with Crippen molar-refractivity contribution in [3.05, 3.63) is 12.7 Å². The number of rotatable bonds is 2. The molecule has 0 amide bonds. The number of aliphatic hydroxyl groups excluding tert-OH is 1. The number of carbonyl (C=O) groups excluding carboxylic acids is 1. The largest absolute Gasteiger partial charge is 1.00 e. The standard InChI is InChI=1S/C4H6O4.Na/c1-2-3(5)8-4(6)7;/h2-3,5H,1H2,(H,6,7);/q;+1/p-1. The molecule has 9 heavy (non-hydrogen) atoms. The minimum atomic E-state index is -1.77. The molecular weight excluding hydrogens is 135 g/mol. The first-order valence-corrected chi connectivity index (χ1v) is 1.85. The summed E-state index contributed by atoms with van der Waals surface area (Å²) in [6.07, 6.45) is -2.31. The van der Waals surface area contributed by atoms with E-state index in [1.807, 2.05) is 0 Å². The molecule has 0 aliphatic heterocycles. The zero-order valence-corrected chi connectivity index (χ0v) is 7.03. The van der Waals surface area contributed by atoms with Crippen molar-refractivity contribution in [2.45, 2.75) is 6.29 Å². The zero-order chi connectivity index (χ0) is 6.57. The van der Waals surface area contributed by atoms with Gasteiger partial charge in [0.05, 0.1) is 0 Å². The summed E-state index contributed by atoms with van der Waals surface area (Å²) < 4.78 is 3.64. The number of carboxylic acid groups (broad SMARTS) is 1. The summed E-state index contributed by atoms with van der Waals surface area (Å²) in [6.45, 7) is 3.05. The van der Waals surface area contributed by atoms with Crippen molar-refractivity contribution >= 4 is 6.16 Å². The van der Waals surface area contributed by atoms with Crippen LogP contribution < -0.4 is 34.7 Å². The maximum atomic E-state index is 9.43. The topological polar surface area (TPSA) is 69.6 Å².